The molecule has 1 aromatic rings. The molecule has 1 N–H and O–H groups in total. The average Bonchev–Trinajstić information content (AvgIpc) is 2.27. The minimum atomic E-state index is -0.543. The van der Waals surface area contributed by atoms with Crippen molar-refractivity contribution in [1.29, 1.82) is 5.26 Å². The van der Waals surface area contributed by atoms with Crippen molar-refractivity contribution in [2.75, 3.05) is 7.05 Å². The summed E-state index contributed by atoms with van der Waals surface area (Å²) in [7, 11) is 1.80. The highest BCUT2D eigenvalue weighted by atomic mass is 16.5. The molecule has 2 unspecified atom stereocenters. The number of rotatable bonds is 5. The normalized spacial score (nSPS) is 15.6. The Labute approximate surface area is 110 Å². The summed E-state index contributed by atoms with van der Waals surface area (Å²) in [6.45, 7) is 7.98. The summed E-state index contributed by atoms with van der Waals surface area (Å²) in [4.78, 5) is 0. The monoisotopic (exact) mass is 246 g/mol. The molecule has 1 aromatic carbocycles. The van der Waals surface area contributed by atoms with Crippen molar-refractivity contribution < 1.29 is 4.74 Å². The summed E-state index contributed by atoms with van der Waals surface area (Å²) in [5.74, 6) is 0.872. The molecule has 0 aliphatic heterocycles. The van der Waals surface area contributed by atoms with E-state index in [1.54, 1.807) is 7.05 Å². The Morgan fingerprint density at radius 3 is 2.33 bits per heavy atom. The van der Waals surface area contributed by atoms with Crippen LogP contribution in [0.25, 0.3) is 0 Å². The third-order valence-corrected chi connectivity index (χ3v) is 3.03. The van der Waals surface area contributed by atoms with Gasteiger partial charge in [0.2, 0.25) is 0 Å². The van der Waals surface area contributed by atoms with Crippen molar-refractivity contribution in [3.8, 4) is 11.8 Å². The molecule has 3 nitrogen and oxygen atoms in total. The molecule has 0 amide bonds. The van der Waals surface area contributed by atoms with E-state index in [4.69, 9.17) is 10.00 Å². The van der Waals surface area contributed by atoms with Crippen LogP contribution in [0, 0.1) is 25.2 Å². The van der Waals surface area contributed by atoms with Gasteiger partial charge in [0.15, 0.2) is 0 Å². The topological polar surface area (TPSA) is 45.0 Å². The van der Waals surface area contributed by atoms with Gasteiger partial charge in [-0.25, -0.2) is 0 Å². The number of nitriles is 1. The van der Waals surface area contributed by atoms with E-state index < -0.39 is 5.54 Å². The quantitative estimate of drug-likeness (QED) is 0.868. The lowest BCUT2D eigenvalue weighted by molar-refractivity contribution is 0.182. The number of hydrogen-bond donors (Lipinski definition) is 1. The zero-order valence-electron chi connectivity index (χ0n) is 11.9. The van der Waals surface area contributed by atoms with Crippen LogP contribution >= 0.6 is 0 Å². The van der Waals surface area contributed by atoms with Gasteiger partial charge in [-0.1, -0.05) is 6.07 Å². The summed E-state index contributed by atoms with van der Waals surface area (Å²) in [5, 5.41) is 12.1. The Bertz CT molecular complexity index is 430. The van der Waals surface area contributed by atoms with Crippen LogP contribution in [-0.2, 0) is 0 Å². The molecule has 0 aromatic heterocycles. The van der Waals surface area contributed by atoms with Crippen molar-refractivity contribution in [2.45, 2.75) is 45.8 Å². The van der Waals surface area contributed by atoms with Crippen LogP contribution in [-0.4, -0.2) is 18.7 Å². The zero-order valence-corrected chi connectivity index (χ0v) is 11.9. The van der Waals surface area contributed by atoms with Gasteiger partial charge < -0.3 is 10.1 Å². The van der Waals surface area contributed by atoms with Gasteiger partial charge >= 0.3 is 0 Å². The van der Waals surface area contributed by atoms with Crippen molar-refractivity contribution in [3.05, 3.63) is 29.3 Å². The van der Waals surface area contributed by atoms with Gasteiger partial charge in [-0.3, -0.25) is 0 Å². The van der Waals surface area contributed by atoms with Crippen LogP contribution in [0.5, 0.6) is 5.75 Å². The zero-order chi connectivity index (χ0) is 13.8. The largest absolute Gasteiger partial charge is 0.491 e. The van der Waals surface area contributed by atoms with E-state index in [0.717, 1.165) is 5.75 Å². The van der Waals surface area contributed by atoms with Crippen LogP contribution in [0.3, 0.4) is 0 Å². The standard InChI is InChI=1S/C15H22N2O/c1-11-6-12(2)8-14(7-11)18-13(3)9-15(4,10-16)17-5/h6-8,13,17H,9H2,1-5H3. The van der Waals surface area contributed by atoms with Crippen LogP contribution in [0.1, 0.15) is 31.4 Å². The van der Waals surface area contributed by atoms with Crippen molar-refractivity contribution in [1.82, 2.24) is 5.32 Å². The molecular formula is C15H22N2O. The molecule has 0 bridgehead atoms. The lowest BCUT2D eigenvalue weighted by Crippen LogP contribution is -2.41. The first-order valence-electron chi connectivity index (χ1n) is 6.23. The second-order valence-electron chi connectivity index (χ2n) is 5.15. The molecule has 0 fully saturated rings. The van der Waals surface area contributed by atoms with E-state index in [0.29, 0.717) is 6.42 Å². The highest BCUT2D eigenvalue weighted by Gasteiger charge is 2.25. The Balaban J connectivity index is 2.70. The number of nitrogens with one attached hydrogen (secondary N) is 1. The summed E-state index contributed by atoms with van der Waals surface area (Å²) >= 11 is 0. The van der Waals surface area contributed by atoms with Crippen LogP contribution in [0.4, 0.5) is 0 Å². The fourth-order valence-corrected chi connectivity index (χ4v) is 2.05. The fourth-order valence-electron chi connectivity index (χ4n) is 2.05. The number of benzene rings is 1. The van der Waals surface area contributed by atoms with Crippen LogP contribution in [0.15, 0.2) is 18.2 Å². The van der Waals surface area contributed by atoms with Crippen molar-refractivity contribution >= 4 is 0 Å². The molecular weight excluding hydrogens is 224 g/mol. The van der Waals surface area contributed by atoms with Gasteiger partial charge in [0, 0.05) is 6.42 Å². The highest BCUT2D eigenvalue weighted by molar-refractivity contribution is 5.33. The fraction of sp³-hybridized carbons (Fsp3) is 0.533. The maximum absolute atomic E-state index is 9.12. The molecule has 0 saturated heterocycles. The minimum Gasteiger partial charge on any atom is -0.491 e. The Kier molecular flexibility index (Phi) is 4.75. The van der Waals surface area contributed by atoms with Gasteiger partial charge in [0.05, 0.1) is 12.2 Å². The molecule has 18 heavy (non-hydrogen) atoms. The molecule has 0 saturated carbocycles. The van der Waals surface area contributed by atoms with Gasteiger partial charge in [-0.2, -0.15) is 5.26 Å². The molecule has 98 valence electrons. The summed E-state index contributed by atoms with van der Waals surface area (Å²) in [6.07, 6.45) is 0.635. The lowest BCUT2D eigenvalue weighted by Gasteiger charge is -2.25. The van der Waals surface area contributed by atoms with E-state index in [2.05, 4.69) is 31.3 Å². The van der Waals surface area contributed by atoms with Crippen molar-refractivity contribution in [3.63, 3.8) is 0 Å². The molecule has 0 spiro atoms. The Hall–Kier alpha value is -1.53. The number of hydrogen-bond acceptors (Lipinski definition) is 3. The molecule has 1 rings (SSSR count). The number of ether oxygens (including phenoxy) is 1. The number of nitrogens with zero attached hydrogens (tertiary/aromatic N) is 1. The summed E-state index contributed by atoms with van der Waals surface area (Å²) < 4.78 is 5.88. The van der Waals surface area contributed by atoms with Crippen molar-refractivity contribution in [2.24, 2.45) is 0 Å². The smallest absolute Gasteiger partial charge is 0.120 e. The molecule has 3 heteroatoms. The van der Waals surface area contributed by atoms with E-state index in [-0.39, 0.29) is 6.10 Å². The second-order valence-corrected chi connectivity index (χ2v) is 5.15. The van der Waals surface area contributed by atoms with E-state index >= 15 is 0 Å². The Morgan fingerprint density at radius 1 is 1.33 bits per heavy atom. The van der Waals surface area contributed by atoms with Crippen LogP contribution < -0.4 is 10.1 Å². The first-order chi connectivity index (χ1) is 8.38. The van der Waals surface area contributed by atoms with E-state index in [1.165, 1.54) is 11.1 Å². The lowest BCUT2D eigenvalue weighted by atomic mass is 9.97. The SMILES string of the molecule is CNC(C)(C#N)CC(C)Oc1cc(C)cc(C)c1. The van der Waals surface area contributed by atoms with Gasteiger partial charge in [-0.15, -0.1) is 0 Å². The second kappa shape index (κ2) is 5.88. The van der Waals surface area contributed by atoms with Gasteiger partial charge in [-0.05, 0) is 58.0 Å². The maximum Gasteiger partial charge on any atom is 0.120 e. The molecule has 0 aliphatic carbocycles. The average molecular weight is 246 g/mol. The minimum absolute atomic E-state index is 0.0108. The summed E-state index contributed by atoms with van der Waals surface area (Å²) in [6, 6.07) is 8.43. The summed E-state index contributed by atoms with van der Waals surface area (Å²) in [5.41, 5.74) is 1.83. The molecule has 0 aliphatic rings. The van der Waals surface area contributed by atoms with E-state index in [1.807, 2.05) is 26.0 Å². The molecule has 0 radical (unpaired) electrons. The van der Waals surface area contributed by atoms with Gasteiger partial charge in [0.25, 0.3) is 0 Å². The third-order valence-electron chi connectivity index (χ3n) is 3.03. The van der Waals surface area contributed by atoms with Gasteiger partial charge in [0.1, 0.15) is 11.3 Å². The third kappa shape index (κ3) is 4.05. The molecule has 0 heterocycles. The predicted octanol–water partition coefficient (Wildman–Crippen LogP) is 2.96. The predicted molar refractivity (Wildman–Crippen MR) is 73.7 cm³/mol. The first-order valence-corrected chi connectivity index (χ1v) is 6.23. The Morgan fingerprint density at radius 2 is 1.89 bits per heavy atom. The maximum atomic E-state index is 9.12. The number of aryl methyl sites for hydroxylation is 2. The van der Waals surface area contributed by atoms with Crippen LogP contribution in [0.2, 0.25) is 0 Å². The first kappa shape index (κ1) is 14.5. The van der Waals surface area contributed by atoms with E-state index in [9.17, 15) is 0 Å². The highest BCUT2D eigenvalue weighted by Crippen LogP contribution is 2.20. The molecule has 2 atom stereocenters.